The maximum absolute atomic E-state index is 11.8. The van der Waals surface area contributed by atoms with Crippen molar-refractivity contribution in [2.45, 2.75) is 38.5 Å². The van der Waals surface area contributed by atoms with Gasteiger partial charge in [-0.15, -0.1) is 11.3 Å². The smallest absolute Gasteiger partial charge is 0.372 e. The number of aromatic amines is 1. The van der Waals surface area contributed by atoms with Crippen LogP contribution in [0.1, 0.15) is 46.7 Å². The van der Waals surface area contributed by atoms with Gasteiger partial charge >= 0.3 is 5.97 Å². The predicted octanol–water partition coefficient (Wildman–Crippen LogP) is 1.93. The second-order valence-electron chi connectivity index (χ2n) is 5.57. The van der Waals surface area contributed by atoms with Gasteiger partial charge in [0.2, 0.25) is 5.82 Å². The number of aromatic nitrogens is 2. The fraction of sp³-hybridized carbons (Fsp3) is 0.533. The van der Waals surface area contributed by atoms with Gasteiger partial charge in [0, 0.05) is 4.88 Å². The number of nitrogens with one attached hydrogen (secondary N) is 2. The quantitative estimate of drug-likeness (QED) is 0.746. The van der Waals surface area contributed by atoms with E-state index in [1.165, 1.54) is 48.6 Å². The fourth-order valence-corrected chi connectivity index (χ4v) is 4.17. The van der Waals surface area contributed by atoms with Gasteiger partial charge in [-0.3, -0.25) is 4.79 Å². The summed E-state index contributed by atoms with van der Waals surface area (Å²) in [6.07, 6.45) is 7.15. The zero-order valence-corrected chi connectivity index (χ0v) is 13.1. The lowest BCUT2D eigenvalue weighted by Gasteiger charge is -2.08. The Morgan fingerprint density at radius 1 is 1.14 bits per heavy atom. The number of aryl methyl sites for hydroxylation is 2. The van der Waals surface area contributed by atoms with Crippen LogP contribution < -0.4 is 10.9 Å². The summed E-state index contributed by atoms with van der Waals surface area (Å²) in [4.78, 5) is 30.5. The van der Waals surface area contributed by atoms with Crippen LogP contribution in [-0.4, -0.2) is 34.1 Å². The van der Waals surface area contributed by atoms with E-state index in [0.29, 0.717) is 10.2 Å². The summed E-state index contributed by atoms with van der Waals surface area (Å²) in [5.74, 6) is -1.48. The minimum absolute atomic E-state index is 0.280. The summed E-state index contributed by atoms with van der Waals surface area (Å²) < 4.78 is 0. The summed E-state index contributed by atoms with van der Waals surface area (Å²) in [5, 5.41) is 12.7. The van der Waals surface area contributed by atoms with Crippen molar-refractivity contribution in [3.63, 3.8) is 0 Å². The molecular formula is C15H19N3O3S. The zero-order valence-electron chi connectivity index (χ0n) is 12.3. The highest BCUT2D eigenvalue weighted by atomic mass is 32.1. The van der Waals surface area contributed by atoms with E-state index in [-0.39, 0.29) is 11.4 Å². The number of hydrogen-bond acceptors (Lipinski definition) is 5. The van der Waals surface area contributed by atoms with Crippen molar-refractivity contribution in [3.8, 4) is 0 Å². The van der Waals surface area contributed by atoms with E-state index in [1.807, 2.05) is 0 Å². The highest BCUT2D eigenvalue weighted by Gasteiger charge is 2.21. The Bertz CT molecular complexity index is 735. The molecule has 1 aliphatic heterocycles. The third kappa shape index (κ3) is 3.05. The zero-order chi connectivity index (χ0) is 15.5. The third-order valence-corrected chi connectivity index (χ3v) is 5.17. The number of hydrogen-bond donors (Lipinski definition) is 3. The van der Waals surface area contributed by atoms with Crippen molar-refractivity contribution >= 4 is 27.5 Å². The first-order valence-corrected chi connectivity index (χ1v) is 8.47. The second kappa shape index (κ2) is 6.58. The number of rotatable bonds is 1. The number of nitrogens with zero attached hydrogens (tertiary/aromatic N) is 1. The first-order chi connectivity index (χ1) is 10.7. The summed E-state index contributed by atoms with van der Waals surface area (Å²) in [7, 11) is 0. The van der Waals surface area contributed by atoms with Crippen LogP contribution in [0.15, 0.2) is 4.79 Å². The number of carboxylic acids is 1. The summed E-state index contributed by atoms with van der Waals surface area (Å²) in [5.41, 5.74) is 0.729. The lowest BCUT2D eigenvalue weighted by atomic mass is 10.2. The van der Waals surface area contributed by atoms with Crippen molar-refractivity contribution < 1.29 is 9.90 Å². The molecule has 0 atom stereocenters. The molecule has 0 aromatic carbocycles. The summed E-state index contributed by atoms with van der Waals surface area (Å²) >= 11 is 1.44. The number of thiophene rings is 1. The molecule has 1 fully saturated rings. The van der Waals surface area contributed by atoms with Crippen LogP contribution in [0.3, 0.4) is 0 Å². The molecule has 7 heteroatoms. The lowest BCUT2D eigenvalue weighted by molar-refractivity contribution is 0.0683. The van der Waals surface area contributed by atoms with Crippen LogP contribution in [0.2, 0.25) is 0 Å². The van der Waals surface area contributed by atoms with Gasteiger partial charge in [0.25, 0.3) is 5.56 Å². The van der Waals surface area contributed by atoms with Gasteiger partial charge in [-0.05, 0) is 50.8 Å². The normalized spacial score (nSPS) is 16.9. The van der Waals surface area contributed by atoms with Crippen LogP contribution >= 0.6 is 11.3 Å². The Morgan fingerprint density at radius 3 is 2.50 bits per heavy atom. The lowest BCUT2D eigenvalue weighted by Crippen LogP contribution is -2.21. The monoisotopic (exact) mass is 321 g/mol. The number of carboxylic acid groups (broad SMARTS) is 1. The average molecular weight is 321 g/mol. The van der Waals surface area contributed by atoms with E-state index >= 15 is 0 Å². The molecule has 0 amide bonds. The largest absolute Gasteiger partial charge is 0.475 e. The highest BCUT2D eigenvalue weighted by molar-refractivity contribution is 7.18. The van der Waals surface area contributed by atoms with E-state index in [4.69, 9.17) is 5.11 Å². The molecule has 0 saturated carbocycles. The number of carbonyl (C=O) groups is 1. The molecule has 0 spiro atoms. The van der Waals surface area contributed by atoms with Gasteiger partial charge < -0.3 is 15.4 Å². The van der Waals surface area contributed by atoms with Crippen molar-refractivity contribution in [3.05, 3.63) is 26.6 Å². The van der Waals surface area contributed by atoms with E-state index in [1.54, 1.807) is 0 Å². The average Bonchev–Trinajstić information content (AvgIpc) is 3.09. The standard InChI is InChI=1S/C10H8N2O3S.C5H11N/c13-8-6-4-2-1-3-5(4)16-9(6)12-7(11-8)10(14)15;1-2-4-6-5-3-1/h1-3H2,(H,14,15)(H,11,12,13);6H,1-5H2. The van der Waals surface area contributed by atoms with Crippen LogP contribution in [0, 0.1) is 0 Å². The molecule has 0 unspecified atom stereocenters. The predicted molar refractivity (Wildman–Crippen MR) is 85.9 cm³/mol. The molecule has 4 rings (SSSR count). The molecule has 3 heterocycles. The summed E-state index contributed by atoms with van der Waals surface area (Å²) in [6, 6.07) is 0. The number of H-pyrrole nitrogens is 1. The Morgan fingerprint density at radius 2 is 1.91 bits per heavy atom. The van der Waals surface area contributed by atoms with E-state index in [0.717, 1.165) is 24.8 Å². The van der Waals surface area contributed by atoms with Crippen molar-refractivity contribution in [1.82, 2.24) is 15.3 Å². The van der Waals surface area contributed by atoms with Crippen LogP contribution in [0.4, 0.5) is 0 Å². The minimum atomic E-state index is -1.20. The summed E-state index contributed by atoms with van der Waals surface area (Å²) in [6.45, 7) is 2.50. The topological polar surface area (TPSA) is 95.1 Å². The SMILES string of the molecule is C1CCNCC1.O=C(O)c1nc2sc3c(c2c(=O)[nH]1)CCC3. The molecule has 0 bridgehead atoms. The molecule has 6 nitrogen and oxygen atoms in total. The second-order valence-corrected chi connectivity index (χ2v) is 6.65. The van der Waals surface area contributed by atoms with Crippen molar-refractivity contribution in [1.29, 1.82) is 0 Å². The molecular weight excluding hydrogens is 302 g/mol. The molecule has 1 aliphatic carbocycles. The molecule has 1 saturated heterocycles. The molecule has 22 heavy (non-hydrogen) atoms. The van der Waals surface area contributed by atoms with Crippen molar-refractivity contribution in [2.24, 2.45) is 0 Å². The minimum Gasteiger partial charge on any atom is -0.475 e. The molecule has 0 radical (unpaired) electrons. The van der Waals surface area contributed by atoms with E-state index < -0.39 is 5.97 Å². The maximum atomic E-state index is 11.8. The Labute approximate surface area is 131 Å². The van der Waals surface area contributed by atoms with Gasteiger partial charge in [0.05, 0.1) is 5.39 Å². The van der Waals surface area contributed by atoms with Crippen LogP contribution in [0.25, 0.3) is 10.2 Å². The Hall–Kier alpha value is -1.73. The van der Waals surface area contributed by atoms with E-state index in [2.05, 4.69) is 15.3 Å². The number of aromatic carboxylic acids is 1. The first kappa shape index (κ1) is 15.2. The molecule has 2 aromatic rings. The molecule has 3 N–H and O–H groups in total. The maximum Gasteiger partial charge on any atom is 0.372 e. The van der Waals surface area contributed by atoms with E-state index in [9.17, 15) is 9.59 Å². The third-order valence-electron chi connectivity index (χ3n) is 3.98. The highest BCUT2D eigenvalue weighted by Crippen LogP contribution is 2.34. The Balaban J connectivity index is 0.000000202. The number of piperidine rings is 1. The first-order valence-electron chi connectivity index (χ1n) is 7.65. The van der Waals surface area contributed by atoms with Gasteiger partial charge in [-0.1, -0.05) is 6.42 Å². The fourth-order valence-electron chi connectivity index (χ4n) is 2.91. The molecule has 2 aromatic heterocycles. The van der Waals surface area contributed by atoms with Crippen LogP contribution in [-0.2, 0) is 12.8 Å². The molecule has 118 valence electrons. The van der Waals surface area contributed by atoms with Gasteiger partial charge in [-0.25, -0.2) is 9.78 Å². The Kier molecular flexibility index (Phi) is 4.54. The van der Waals surface area contributed by atoms with Gasteiger partial charge in [-0.2, -0.15) is 0 Å². The van der Waals surface area contributed by atoms with Crippen molar-refractivity contribution in [2.75, 3.05) is 13.1 Å². The van der Waals surface area contributed by atoms with Gasteiger partial charge in [0.15, 0.2) is 0 Å². The van der Waals surface area contributed by atoms with Crippen LogP contribution in [0.5, 0.6) is 0 Å². The van der Waals surface area contributed by atoms with Gasteiger partial charge in [0.1, 0.15) is 4.83 Å². The molecule has 2 aliphatic rings. The number of fused-ring (bicyclic) bond motifs is 3.